The number of amides is 1. The van der Waals surface area contributed by atoms with Gasteiger partial charge in [-0.2, -0.15) is 0 Å². The van der Waals surface area contributed by atoms with Gasteiger partial charge in [0.25, 0.3) is 5.91 Å². The van der Waals surface area contributed by atoms with Crippen LogP contribution in [0.5, 0.6) is 11.5 Å². The lowest BCUT2D eigenvalue weighted by Crippen LogP contribution is -2.12. The lowest BCUT2D eigenvalue weighted by atomic mass is 10.2. The number of hydrogen-bond donors (Lipinski definition) is 2. The lowest BCUT2D eigenvalue weighted by molar-refractivity contribution is 0.102. The Morgan fingerprint density at radius 3 is 2.44 bits per heavy atom. The molecule has 6 nitrogen and oxygen atoms in total. The van der Waals surface area contributed by atoms with E-state index in [1.807, 2.05) is 38.1 Å². The lowest BCUT2D eigenvalue weighted by Gasteiger charge is -2.11. The summed E-state index contributed by atoms with van der Waals surface area (Å²) in [6.07, 6.45) is 0. The number of rotatable bonds is 6. The number of aryl methyl sites for hydroxylation is 2. The van der Waals surface area contributed by atoms with Gasteiger partial charge < -0.3 is 20.1 Å². The van der Waals surface area contributed by atoms with Crippen molar-refractivity contribution < 1.29 is 14.3 Å². The van der Waals surface area contributed by atoms with Crippen molar-refractivity contribution in [1.82, 2.24) is 4.98 Å². The van der Waals surface area contributed by atoms with Gasteiger partial charge in [-0.25, -0.2) is 4.98 Å². The SMILES string of the molecule is COc1ccc(OC)c(NC(=O)c2sc(Nc3ccc(C)cc3)nc2C)c1. The second-order valence-electron chi connectivity index (χ2n) is 5.94. The standard InChI is InChI=1S/C20H21N3O3S/c1-12-5-7-14(8-6-12)22-20-21-13(2)18(27-20)19(24)23-16-11-15(25-3)9-10-17(16)26-4/h5-11H,1-4H3,(H,21,22)(H,23,24). The van der Waals surface area contributed by atoms with Gasteiger partial charge in [-0.15, -0.1) is 0 Å². The molecule has 2 N–H and O–H groups in total. The van der Waals surface area contributed by atoms with Crippen molar-refractivity contribution in [3.63, 3.8) is 0 Å². The Balaban J connectivity index is 1.79. The number of nitrogens with zero attached hydrogens (tertiary/aromatic N) is 1. The highest BCUT2D eigenvalue weighted by molar-refractivity contribution is 7.17. The van der Waals surface area contributed by atoms with E-state index in [9.17, 15) is 4.79 Å². The summed E-state index contributed by atoms with van der Waals surface area (Å²) in [6.45, 7) is 3.85. The number of carbonyl (C=O) groups is 1. The fourth-order valence-electron chi connectivity index (χ4n) is 2.51. The molecule has 0 bridgehead atoms. The molecule has 1 heterocycles. The molecule has 0 spiro atoms. The molecule has 0 unspecified atom stereocenters. The van der Waals surface area contributed by atoms with Crippen LogP contribution in [-0.2, 0) is 0 Å². The molecule has 3 rings (SSSR count). The number of methoxy groups -OCH3 is 2. The Kier molecular flexibility index (Phi) is 5.61. The van der Waals surface area contributed by atoms with Gasteiger partial charge in [0.05, 0.1) is 25.6 Å². The molecule has 0 aliphatic rings. The second kappa shape index (κ2) is 8.09. The summed E-state index contributed by atoms with van der Waals surface area (Å²) < 4.78 is 10.5. The molecule has 1 amide bonds. The van der Waals surface area contributed by atoms with E-state index in [1.165, 1.54) is 16.9 Å². The highest BCUT2D eigenvalue weighted by atomic mass is 32.1. The van der Waals surface area contributed by atoms with Crippen LogP contribution in [0.1, 0.15) is 20.9 Å². The van der Waals surface area contributed by atoms with Crippen molar-refractivity contribution >= 4 is 33.8 Å². The highest BCUT2D eigenvalue weighted by Gasteiger charge is 2.17. The first-order valence-corrected chi connectivity index (χ1v) is 9.16. The first-order chi connectivity index (χ1) is 13.0. The van der Waals surface area contributed by atoms with Crippen LogP contribution in [-0.4, -0.2) is 25.1 Å². The molecule has 0 saturated carbocycles. The largest absolute Gasteiger partial charge is 0.497 e. The molecule has 140 valence electrons. The molecule has 0 aliphatic carbocycles. The maximum atomic E-state index is 12.7. The predicted molar refractivity (Wildman–Crippen MR) is 109 cm³/mol. The number of hydrogen-bond acceptors (Lipinski definition) is 6. The smallest absolute Gasteiger partial charge is 0.267 e. The van der Waals surface area contributed by atoms with Crippen molar-refractivity contribution in [3.8, 4) is 11.5 Å². The quantitative estimate of drug-likeness (QED) is 0.641. The van der Waals surface area contributed by atoms with Crippen LogP contribution in [0, 0.1) is 13.8 Å². The van der Waals surface area contributed by atoms with Gasteiger partial charge in [0.1, 0.15) is 16.4 Å². The summed E-state index contributed by atoms with van der Waals surface area (Å²) in [6, 6.07) is 13.2. The van der Waals surface area contributed by atoms with E-state index in [0.717, 1.165) is 5.69 Å². The number of aromatic nitrogens is 1. The zero-order chi connectivity index (χ0) is 19.4. The summed E-state index contributed by atoms with van der Waals surface area (Å²) in [5.41, 5.74) is 3.32. The van der Waals surface area contributed by atoms with Crippen LogP contribution in [0.25, 0.3) is 0 Å². The van der Waals surface area contributed by atoms with Crippen LogP contribution in [0.15, 0.2) is 42.5 Å². The summed E-state index contributed by atoms with van der Waals surface area (Å²) in [7, 11) is 3.13. The van der Waals surface area contributed by atoms with Gasteiger partial charge in [-0.3, -0.25) is 4.79 Å². The van der Waals surface area contributed by atoms with Crippen molar-refractivity contribution in [2.24, 2.45) is 0 Å². The maximum Gasteiger partial charge on any atom is 0.267 e. The van der Waals surface area contributed by atoms with Gasteiger partial charge in [-0.1, -0.05) is 29.0 Å². The molecule has 7 heteroatoms. The molecule has 3 aromatic rings. The number of thiazole rings is 1. The fraction of sp³-hybridized carbons (Fsp3) is 0.200. The van der Waals surface area contributed by atoms with Crippen molar-refractivity contribution in [3.05, 3.63) is 58.6 Å². The Labute approximate surface area is 162 Å². The highest BCUT2D eigenvalue weighted by Crippen LogP contribution is 2.31. The third kappa shape index (κ3) is 4.38. The Hall–Kier alpha value is -3.06. The van der Waals surface area contributed by atoms with Gasteiger partial charge in [0.2, 0.25) is 0 Å². The molecular formula is C20H21N3O3S. The normalized spacial score (nSPS) is 10.4. The van der Waals surface area contributed by atoms with Crippen molar-refractivity contribution in [2.75, 3.05) is 24.9 Å². The molecule has 0 aliphatic heterocycles. The Morgan fingerprint density at radius 1 is 1.04 bits per heavy atom. The average Bonchev–Trinajstić information content (AvgIpc) is 3.03. The summed E-state index contributed by atoms with van der Waals surface area (Å²) in [5.74, 6) is 0.951. The number of anilines is 3. The first kappa shape index (κ1) is 18.7. The van der Waals surface area contributed by atoms with Gasteiger partial charge in [0.15, 0.2) is 5.13 Å². The molecular weight excluding hydrogens is 362 g/mol. The minimum absolute atomic E-state index is 0.242. The summed E-state index contributed by atoms with van der Waals surface area (Å²) in [4.78, 5) is 17.7. The predicted octanol–water partition coefficient (Wildman–Crippen LogP) is 4.77. The van der Waals surface area contributed by atoms with Crippen LogP contribution in [0.4, 0.5) is 16.5 Å². The monoisotopic (exact) mass is 383 g/mol. The van der Waals surface area contributed by atoms with E-state index in [1.54, 1.807) is 32.4 Å². The number of ether oxygens (including phenoxy) is 2. The van der Waals surface area contributed by atoms with Gasteiger partial charge in [0, 0.05) is 11.8 Å². The fourth-order valence-corrected chi connectivity index (χ4v) is 3.39. The van der Waals surface area contributed by atoms with Crippen LogP contribution in [0.3, 0.4) is 0 Å². The van der Waals surface area contributed by atoms with Gasteiger partial charge >= 0.3 is 0 Å². The maximum absolute atomic E-state index is 12.7. The van der Waals surface area contributed by atoms with E-state index in [-0.39, 0.29) is 5.91 Å². The number of benzene rings is 2. The van der Waals surface area contributed by atoms with Crippen molar-refractivity contribution in [2.45, 2.75) is 13.8 Å². The molecule has 27 heavy (non-hydrogen) atoms. The molecule has 0 saturated heterocycles. The van der Waals surface area contributed by atoms with Crippen LogP contribution >= 0.6 is 11.3 Å². The molecule has 0 radical (unpaired) electrons. The van der Waals surface area contributed by atoms with E-state index in [4.69, 9.17) is 9.47 Å². The van der Waals surface area contributed by atoms with Crippen molar-refractivity contribution in [1.29, 1.82) is 0 Å². The summed E-state index contributed by atoms with van der Waals surface area (Å²) >= 11 is 1.30. The molecule has 1 aromatic heterocycles. The Morgan fingerprint density at radius 2 is 1.78 bits per heavy atom. The first-order valence-electron chi connectivity index (χ1n) is 8.34. The van der Waals surface area contributed by atoms with E-state index in [2.05, 4.69) is 15.6 Å². The average molecular weight is 383 g/mol. The van der Waals surface area contributed by atoms with Crippen LogP contribution < -0.4 is 20.1 Å². The van der Waals surface area contributed by atoms with Gasteiger partial charge in [-0.05, 0) is 38.1 Å². The summed E-state index contributed by atoms with van der Waals surface area (Å²) in [5, 5.41) is 6.78. The molecule has 2 aromatic carbocycles. The minimum Gasteiger partial charge on any atom is -0.497 e. The Bertz CT molecular complexity index is 952. The second-order valence-corrected chi connectivity index (χ2v) is 6.94. The van der Waals surface area contributed by atoms with E-state index in [0.29, 0.717) is 32.9 Å². The molecule has 0 fully saturated rings. The zero-order valence-electron chi connectivity index (χ0n) is 15.6. The third-order valence-electron chi connectivity index (χ3n) is 3.96. The third-order valence-corrected chi connectivity index (χ3v) is 5.03. The molecule has 0 atom stereocenters. The van der Waals surface area contributed by atoms with E-state index < -0.39 is 0 Å². The zero-order valence-corrected chi connectivity index (χ0v) is 16.4. The number of nitrogens with one attached hydrogen (secondary N) is 2. The van der Waals surface area contributed by atoms with Crippen LogP contribution in [0.2, 0.25) is 0 Å². The topological polar surface area (TPSA) is 72.5 Å². The minimum atomic E-state index is -0.242. The number of carbonyl (C=O) groups excluding carboxylic acids is 1. The van der Waals surface area contributed by atoms with E-state index >= 15 is 0 Å².